The smallest absolute Gasteiger partial charge is 0.264 e. The minimum absolute atomic E-state index is 0.0378. The zero-order chi connectivity index (χ0) is 15.5. The van der Waals surface area contributed by atoms with Crippen LogP contribution in [0.15, 0.2) is 47.4 Å². The van der Waals surface area contributed by atoms with Crippen molar-refractivity contribution in [2.45, 2.75) is 30.1 Å². The van der Waals surface area contributed by atoms with E-state index < -0.39 is 10.0 Å². The Labute approximate surface area is 135 Å². The van der Waals surface area contributed by atoms with E-state index in [9.17, 15) is 8.42 Å². The summed E-state index contributed by atoms with van der Waals surface area (Å²) in [6.45, 7) is 2.35. The Hall–Kier alpha value is -1.52. The molecule has 1 heterocycles. The molecule has 0 N–H and O–H groups in total. The second-order valence-electron chi connectivity index (χ2n) is 6.22. The Morgan fingerprint density at radius 1 is 1.14 bits per heavy atom. The summed E-state index contributed by atoms with van der Waals surface area (Å²) < 4.78 is 27.9. The van der Waals surface area contributed by atoms with E-state index in [4.69, 9.17) is 11.6 Å². The van der Waals surface area contributed by atoms with Gasteiger partial charge in [0.15, 0.2) is 0 Å². The van der Waals surface area contributed by atoms with Crippen LogP contribution < -0.4 is 4.31 Å². The van der Waals surface area contributed by atoms with Crippen molar-refractivity contribution in [2.24, 2.45) is 0 Å². The minimum atomic E-state index is -3.59. The monoisotopic (exact) mass is 333 g/mol. The molecule has 2 aromatic rings. The van der Waals surface area contributed by atoms with Gasteiger partial charge in [0.1, 0.15) is 0 Å². The van der Waals surface area contributed by atoms with Crippen LogP contribution >= 0.6 is 11.6 Å². The molecule has 0 radical (unpaired) electrons. The summed E-state index contributed by atoms with van der Waals surface area (Å²) in [5, 5.41) is 0.442. The van der Waals surface area contributed by atoms with Crippen molar-refractivity contribution in [2.75, 3.05) is 10.8 Å². The maximum Gasteiger partial charge on any atom is 0.264 e. The van der Waals surface area contributed by atoms with E-state index in [0.29, 0.717) is 16.5 Å². The fraction of sp³-hybridized carbons (Fsp3) is 0.294. The number of nitrogens with zero attached hydrogens (tertiary/aromatic N) is 1. The van der Waals surface area contributed by atoms with Gasteiger partial charge in [-0.1, -0.05) is 35.9 Å². The summed E-state index contributed by atoms with van der Waals surface area (Å²) >= 11 is 6.02. The molecule has 3 nitrogen and oxygen atoms in total. The first-order valence-electron chi connectivity index (χ1n) is 7.32. The van der Waals surface area contributed by atoms with Gasteiger partial charge in [-0.15, -0.1) is 0 Å². The largest absolute Gasteiger partial charge is 0.265 e. The van der Waals surface area contributed by atoms with E-state index in [1.165, 1.54) is 5.56 Å². The van der Waals surface area contributed by atoms with Crippen LogP contribution in [0, 0.1) is 6.92 Å². The number of hydrogen-bond donors (Lipinski definition) is 0. The second kappa shape index (κ2) is 4.49. The van der Waals surface area contributed by atoms with Gasteiger partial charge in [-0.2, -0.15) is 0 Å². The van der Waals surface area contributed by atoms with Crippen molar-refractivity contribution in [3.8, 4) is 0 Å². The molecule has 114 valence electrons. The highest BCUT2D eigenvalue weighted by Gasteiger charge is 2.54. The first-order chi connectivity index (χ1) is 10.4. The third kappa shape index (κ3) is 1.90. The average Bonchev–Trinajstić information content (AvgIpc) is 3.19. The molecule has 1 spiro atoms. The van der Waals surface area contributed by atoms with E-state index >= 15 is 0 Å². The van der Waals surface area contributed by atoms with Gasteiger partial charge in [-0.3, -0.25) is 4.31 Å². The quantitative estimate of drug-likeness (QED) is 0.836. The van der Waals surface area contributed by atoms with Crippen molar-refractivity contribution >= 4 is 27.3 Å². The van der Waals surface area contributed by atoms with Crippen molar-refractivity contribution in [1.82, 2.24) is 0 Å². The van der Waals surface area contributed by atoms with Crippen molar-refractivity contribution in [3.63, 3.8) is 0 Å². The topological polar surface area (TPSA) is 37.4 Å². The minimum Gasteiger partial charge on any atom is -0.265 e. The van der Waals surface area contributed by atoms with E-state index in [1.54, 1.807) is 29.4 Å². The summed E-state index contributed by atoms with van der Waals surface area (Å²) in [5.74, 6) is 0. The number of sulfonamides is 1. The molecule has 2 aliphatic rings. The molecule has 22 heavy (non-hydrogen) atoms. The van der Waals surface area contributed by atoms with E-state index in [1.807, 2.05) is 18.2 Å². The van der Waals surface area contributed by atoms with Crippen LogP contribution in [0.5, 0.6) is 0 Å². The third-order valence-corrected chi connectivity index (χ3v) is 6.90. The third-order valence-electron chi connectivity index (χ3n) is 4.76. The molecule has 2 aromatic carbocycles. The van der Waals surface area contributed by atoms with Crippen LogP contribution in [-0.4, -0.2) is 15.0 Å². The fourth-order valence-electron chi connectivity index (χ4n) is 3.35. The molecule has 0 bridgehead atoms. The molecule has 0 saturated heterocycles. The van der Waals surface area contributed by atoms with Gasteiger partial charge in [0.25, 0.3) is 10.0 Å². The predicted molar refractivity (Wildman–Crippen MR) is 88.1 cm³/mol. The highest BCUT2D eigenvalue weighted by atomic mass is 35.5. The molecule has 1 saturated carbocycles. The molecule has 0 amide bonds. The molecule has 0 atom stereocenters. The zero-order valence-electron chi connectivity index (χ0n) is 12.2. The Kier molecular flexibility index (Phi) is 2.88. The first kappa shape index (κ1) is 14.1. The number of fused-ring (bicyclic) bond motifs is 2. The van der Waals surface area contributed by atoms with Gasteiger partial charge in [-0.05, 0) is 49.1 Å². The second-order valence-corrected chi connectivity index (χ2v) is 8.49. The summed E-state index contributed by atoms with van der Waals surface area (Å²) in [5.41, 5.74) is 2.74. The van der Waals surface area contributed by atoms with Gasteiger partial charge in [0.2, 0.25) is 0 Å². The Bertz CT molecular complexity index is 872. The highest BCUT2D eigenvalue weighted by Crippen LogP contribution is 2.57. The van der Waals surface area contributed by atoms with Gasteiger partial charge in [0.05, 0.1) is 10.6 Å². The van der Waals surface area contributed by atoms with Crippen LogP contribution in [0.3, 0.4) is 0 Å². The standard InChI is InChI=1S/C17H16ClNO2S/c1-12-6-7-13(18)10-16(12)22(20,21)19-11-17(8-9-17)14-4-2-3-5-15(14)19/h2-7,10H,8-9,11H2,1H3. The number of aryl methyl sites for hydroxylation is 1. The Morgan fingerprint density at radius 3 is 2.59 bits per heavy atom. The number of rotatable bonds is 2. The highest BCUT2D eigenvalue weighted by molar-refractivity contribution is 7.93. The van der Waals surface area contributed by atoms with Crippen molar-refractivity contribution < 1.29 is 8.42 Å². The van der Waals surface area contributed by atoms with E-state index in [0.717, 1.165) is 24.1 Å². The molecule has 0 aromatic heterocycles. The van der Waals surface area contributed by atoms with Crippen LogP contribution in [-0.2, 0) is 15.4 Å². The number of hydrogen-bond acceptors (Lipinski definition) is 2. The normalized spacial score (nSPS) is 18.5. The van der Waals surface area contributed by atoms with Gasteiger partial charge in [-0.25, -0.2) is 8.42 Å². The molecular weight excluding hydrogens is 318 g/mol. The van der Waals surface area contributed by atoms with E-state index in [2.05, 4.69) is 6.07 Å². The first-order valence-corrected chi connectivity index (χ1v) is 9.14. The molecule has 0 unspecified atom stereocenters. The molecule has 5 heteroatoms. The van der Waals surface area contributed by atoms with Crippen LogP contribution in [0.1, 0.15) is 24.0 Å². The van der Waals surface area contributed by atoms with Gasteiger partial charge in [0, 0.05) is 17.0 Å². The van der Waals surface area contributed by atoms with Gasteiger partial charge < -0.3 is 0 Å². The van der Waals surface area contributed by atoms with E-state index in [-0.39, 0.29) is 5.41 Å². The zero-order valence-corrected chi connectivity index (χ0v) is 13.8. The number of halogens is 1. The van der Waals surface area contributed by atoms with Crippen molar-refractivity contribution in [1.29, 1.82) is 0 Å². The van der Waals surface area contributed by atoms with Crippen LogP contribution in [0.4, 0.5) is 5.69 Å². The summed E-state index contributed by atoms with van der Waals surface area (Å²) in [6, 6.07) is 12.9. The lowest BCUT2D eigenvalue weighted by Gasteiger charge is -2.21. The lowest BCUT2D eigenvalue weighted by Crippen LogP contribution is -2.32. The fourth-order valence-corrected chi connectivity index (χ4v) is 5.41. The molecule has 4 rings (SSSR count). The number of benzene rings is 2. The summed E-state index contributed by atoms with van der Waals surface area (Å²) in [4.78, 5) is 0.299. The SMILES string of the molecule is Cc1ccc(Cl)cc1S(=O)(=O)N1CC2(CC2)c2ccccc21. The molecule has 1 aliphatic heterocycles. The lowest BCUT2D eigenvalue weighted by molar-refractivity contribution is 0.588. The lowest BCUT2D eigenvalue weighted by atomic mass is 9.99. The number of para-hydroxylation sites is 1. The summed E-state index contributed by atoms with van der Waals surface area (Å²) in [6.07, 6.45) is 2.12. The van der Waals surface area contributed by atoms with Crippen molar-refractivity contribution in [3.05, 3.63) is 58.6 Å². The van der Waals surface area contributed by atoms with Crippen LogP contribution in [0.25, 0.3) is 0 Å². The van der Waals surface area contributed by atoms with Crippen LogP contribution in [0.2, 0.25) is 5.02 Å². The molecule has 1 fully saturated rings. The average molecular weight is 334 g/mol. The summed E-state index contributed by atoms with van der Waals surface area (Å²) in [7, 11) is -3.59. The maximum atomic E-state index is 13.2. The van der Waals surface area contributed by atoms with Gasteiger partial charge >= 0.3 is 0 Å². The molecular formula is C17H16ClNO2S. The Balaban J connectivity index is 1.87. The molecule has 1 aliphatic carbocycles. The maximum absolute atomic E-state index is 13.2. The Morgan fingerprint density at radius 2 is 1.86 bits per heavy atom. The predicted octanol–water partition coefficient (Wildman–Crippen LogP) is 3.89. The number of anilines is 1.